The standard InChI is InChI=1S/C7H15ClO5Si/c1-7(2,8)6(9)13-14(10-3,11-4)12-5/h1-5H3. The van der Waals surface area contributed by atoms with Crippen LogP contribution < -0.4 is 0 Å². The molecule has 0 aliphatic heterocycles. The fourth-order valence-corrected chi connectivity index (χ4v) is 1.95. The summed E-state index contributed by atoms with van der Waals surface area (Å²) in [5, 5.41) is 0. The van der Waals surface area contributed by atoms with Crippen molar-refractivity contribution in [3.05, 3.63) is 0 Å². The minimum absolute atomic E-state index is 0.642. The van der Waals surface area contributed by atoms with Gasteiger partial charge in [0.2, 0.25) is 0 Å². The number of carbonyl (C=O) groups is 1. The zero-order valence-corrected chi connectivity index (χ0v) is 10.7. The molecule has 0 saturated carbocycles. The molecule has 0 aromatic heterocycles. The third kappa shape index (κ3) is 3.54. The normalized spacial score (nSPS) is 12.7. The van der Waals surface area contributed by atoms with E-state index in [0.29, 0.717) is 0 Å². The Hall–Kier alpha value is -0.143. The molecule has 0 fully saturated rings. The molecule has 0 unspecified atom stereocenters. The van der Waals surface area contributed by atoms with Crippen LogP contribution >= 0.6 is 11.6 Å². The van der Waals surface area contributed by atoms with Gasteiger partial charge in [0.05, 0.1) is 0 Å². The first-order valence-corrected chi connectivity index (χ1v) is 5.90. The summed E-state index contributed by atoms with van der Waals surface area (Å²) in [7, 11) is 0.699. The molecule has 0 bridgehead atoms. The van der Waals surface area contributed by atoms with Crippen LogP contribution in [0.3, 0.4) is 0 Å². The summed E-state index contributed by atoms with van der Waals surface area (Å²) in [5.41, 5.74) is 0. The highest BCUT2D eigenvalue weighted by Gasteiger charge is 2.49. The van der Waals surface area contributed by atoms with Crippen LogP contribution in [0.25, 0.3) is 0 Å². The summed E-state index contributed by atoms with van der Waals surface area (Å²) in [5.74, 6) is -0.642. The molecule has 0 spiro atoms. The molecule has 0 N–H and O–H groups in total. The number of hydrogen-bond donors (Lipinski definition) is 0. The number of carbonyl (C=O) groups excluding carboxylic acids is 1. The van der Waals surface area contributed by atoms with Crippen molar-refractivity contribution in [2.24, 2.45) is 0 Å². The largest absolute Gasteiger partial charge is 0.750 e. The predicted molar refractivity (Wildman–Crippen MR) is 52.8 cm³/mol. The minimum Gasteiger partial charge on any atom is -0.451 e. The predicted octanol–water partition coefficient (Wildman–Crippen LogP) is 0.922. The third-order valence-electron chi connectivity index (χ3n) is 1.45. The fourth-order valence-electron chi connectivity index (χ4n) is 0.610. The molecule has 7 heteroatoms. The summed E-state index contributed by atoms with van der Waals surface area (Å²) in [6, 6.07) is 0. The van der Waals surface area contributed by atoms with E-state index in [2.05, 4.69) is 0 Å². The molecule has 5 nitrogen and oxygen atoms in total. The van der Waals surface area contributed by atoms with Crippen LogP contribution in [0.4, 0.5) is 0 Å². The maximum absolute atomic E-state index is 11.4. The molecule has 0 rings (SSSR count). The average Bonchev–Trinajstić information content (AvgIpc) is 2.12. The van der Waals surface area contributed by atoms with Crippen molar-refractivity contribution < 1.29 is 22.5 Å². The lowest BCUT2D eigenvalue weighted by Crippen LogP contribution is -2.50. The minimum atomic E-state index is -3.32. The van der Waals surface area contributed by atoms with Crippen LogP contribution in [0, 0.1) is 0 Å². The molecule has 0 atom stereocenters. The van der Waals surface area contributed by atoms with Gasteiger partial charge < -0.3 is 17.7 Å². The molecule has 0 aliphatic carbocycles. The maximum atomic E-state index is 11.4. The molecule has 84 valence electrons. The van der Waals surface area contributed by atoms with Gasteiger partial charge >= 0.3 is 15.0 Å². The summed E-state index contributed by atoms with van der Waals surface area (Å²) in [6.45, 7) is 3.02. The Morgan fingerprint density at radius 1 is 1.14 bits per heavy atom. The number of alkyl halides is 1. The van der Waals surface area contributed by atoms with Crippen molar-refractivity contribution in [3.63, 3.8) is 0 Å². The van der Waals surface area contributed by atoms with Crippen LogP contribution in [0.5, 0.6) is 0 Å². The van der Waals surface area contributed by atoms with Crippen LogP contribution in [-0.2, 0) is 22.5 Å². The van der Waals surface area contributed by atoms with Gasteiger partial charge in [-0.1, -0.05) is 0 Å². The first kappa shape index (κ1) is 13.9. The van der Waals surface area contributed by atoms with Crippen molar-refractivity contribution in [2.75, 3.05) is 21.3 Å². The Balaban J connectivity index is 4.54. The zero-order chi connectivity index (χ0) is 11.4. The van der Waals surface area contributed by atoms with E-state index in [9.17, 15) is 4.79 Å². The quantitative estimate of drug-likeness (QED) is 0.530. The lowest BCUT2D eigenvalue weighted by atomic mass is 10.2. The van der Waals surface area contributed by atoms with E-state index in [1.807, 2.05) is 0 Å². The van der Waals surface area contributed by atoms with Gasteiger partial charge in [-0.2, -0.15) is 0 Å². The molecule has 14 heavy (non-hydrogen) atoms. The summed E-state index contributed by atoms with van der Waals surface area (Å²) in [6.07, 6.45) is 0. The van der Waals surface area contributed by atoms with Crippen molar-refractivity contribution in [1.29, 1.82) is 0 Å². The summed E-state index contributed by atoms with van der Waals surface area (Å²) < 4.78 is 19.6. The molecule has 0 amide bonds. The Kier molecular flexibility index (Phi) is 5.03. The highest BCUT2D eigenvalue weighted by Crippen LogP contribution is 2.19. The van der Waals surface area contributed by atoms with E-state index >= 15 is 0 Å². The van der Waals surface area contributed by atoms with Gasteiger partial charge in [0, 0.05) is 21.3 Å². The van der Waals surface area contributed by atoms with E-state index < -0.39 is 19.9 Å². The van der Waals surface area contributed by atoms with Crippen LogP contribution in [0.2, 0.25) is 0 Å². The van der Waals surface area contributed by atoms with Gasteiger partial charge in [0.15, 0.2) is 0 Å². The van der Waals surface area contributed by atoms with Crippen LogP contribution in [-0.4, -0.2) is 41.2 Å². The lowest BCUT2D eigenvalue weighted by Gasteiger charge is -2.25. The van der Waals surface area contributed by atoms with E-state index in [1.165, 1.54) is 35.2 Å². The van der Waals surface area contributed by atoms with E-state index in [-0.39, 0.29) is 0 Å². The van der Waals surface area contributed by atoms with Gasteiger partial charge in [-0.15, -0.1) is 11.6 Å². The molecule has 0 radical (unpaired) electrons. The number of rotatable bonds is 5. The highest BCUT2D eigenvalue weighted by molar-refractivity contribution is 6.56. The number of halogens is 1. The SMILES string of the molecule is CO[Si](OC)(OC)OC(=O)C(C)(C)Cl. The summed E-state index contributed by atoms with van der Waals surface area (Å²) >= 11 is 5.74. The third-order valence-corrected chi connectivity index (χ3v) is 3.54. The Morgan fingerprint density at radius 2 is 1.50 bits per heavy atom. The second-order valence-corrected chi connectivity index (χ2v) is 6.35. The fraction of sp³-hybridized carbons (Fsp3) is 0.857. The Labute approximate surface area is 89.7 Å². The first-order valence-electron chi connectivity index (χ1n) is 3.89. The van der Waals surface area contributed by atoms with E-state index in [1.54, 1.807) is 0 Å². The topological polar surface area (TPSA) is 54.0 Å². The van der Waals surface area contributed by atoms with Gasteiger partial charge in [-0.05, 0) is 13.8 Å². The molecule has 0 saturated heterocycles. The van der Waals surface area contributed by atoms with Gasteiger partial charge in [0.25, 0.3) is 0 Å². The molecule has 0 aromatic rings. The number of hydrogen-bond acceptors (Lipinski definition) is 5. The lowest BCUT2D eigenvalue weighted by molar-refractivity contribution is -0.145. The van der Waals surface area contributed by atoms with Crippen molar-refractivity contribution >= 4 is 26.6 Å². The van der Waals surface area contributed by atoms with Crippen molar-refractivity contribution in [2.45, 2.75) is 18.7 Å². The van der Waals surface area contributed by atoms with Gasteiger partial charge in [-0.25, -0.2) is 0 Å². The first-order chi connectivity index (χ1) is 6.31. The van der Waals surface area contributed by atoms with Crippen LogP contribution in [0.1, 0.15) is 13.8 Å². The molecule has 0 heterocycles. The van der Waals surface area contributed by atoms with Crippen molar-refractivity contribution in [1.82, 2.24) is 0 Å². The zero-order valence-electron chi connectivity index (χ0n) is 8.92. The second kappa shape index (κ2) is 5.08. The molecular weight excluding hydrogens is 228 g/mol. The van der Waals surface area contributed by atoms with Crippen LogP contribution in [0.15, 0.2) is 0 Å². The monoisotopic (exact) mass is 242 g/mol. The van der Waals surface area contributed by atoms with Gasteiger partial charge in [-0.3, -0.25) is 4.79 Å². The highest BCUT2D eigenvalue weighted by atomic mass is 35.5. The second-order valence-electron chi connectivity index (χ2n) is 2.97. The molecular formula is C7H15ClO5Si. The van der Waals surface area contributed by atoms with Gasteiger partial charge in [0.1, 0.15) is 4.87 Å². The average molecular weight is 243 g/mol. The maximum Gasteiger partial charge on any atom is 0.750 e. The Bertz CT molecular complexity index is 190. The Morgan fingerprint density at radius 3 is 1.71 bits per heavy atom. The van der Waals surface area contributed by atoms with E-state index in [4.69, 9.17) is 29.3 Å². The molecule has 0 aliphatic rings. The van der Waals surface area contributed by atoms with E-state index in [0.717, 1.165) is 0 Å². The van der Waals surface area contributed by atoms with Crippen molar-refractivity contribution in [3.8, 4) is 0 Å². The molecule has 0 aromatic carbocycles. The summed E-state index contributed by atoms with van der Waals surface area (Å²) in [4.78, 5) is 10.3. The smallest absolute Gasteiger partial charge is 0.451 e.